The number of halogens is 2. The first kappa shape index (κ1) is 13.1. The maximum absolute atomic E-state index is 13.5. The van der Waals surface area contributed by atoms with Crippen LogP contribution < -0.4 is 11.1 Å². The first-order valence-corrected chi connectivity index (χ1v) is 6.63. The van der Waals surface area contributed by atoms with Crippen molar-refractivity contribution < 1.29 is 4.39 Å². The van der Waals surface area contributed by atoms with Crippen molar-refractivity contribution in [1.82, 2.24) is 0 Å². The topological polar surface area (TPSA) is 38.0 Å². The molecule has 0 unspecified atom stereocenters. The van der Waals surface area contributed by atoms with Crippen molar-refractivity contribution in [1.29, 1.82) is 0 Å². The van der Waals surface area contributed by atoms with Crippen molar-refractivity contribution in [2.75, 3.05) is 11.1 Å². The third kappa shape index (κ3) is 2.93. The molecule has 0 spiro atoms. The van der Waals surface area contributed by atoms with Crippen LogP contribution in [0.4, 0.5) is 21.5 Å². The molecule has 2 nitrogen and oxygen atoms in total. The van der Waals surface area contributed by atoms with Crippen LogP contribution >= 0.6 is 22.6 Å². The Morgan fingerprint density at radius 1 is 1.06 bits per heavy atom. The maximum atomic E-state index is 13.5. The summed E-state index contributed by atoms with van der Waals surface area (Å²) in [7, 11) is 0. The molecule has 0 saturated carbocycles. The predicted molar refractivity (Wildman–Crippen MR) is 82.7 cm³/mol. The minimum atomic E-state index is -0.267. The molecule has 18 heavy (non-hydrogen) atoms. The lowest BCUT2D eigenvalue weighted by atomic mass is 10.1. The molecule has 0 amide bonds. The van der Waals surface area contributed by atoms with Gasteiger partial charge >= 0.3 is 0 Å². The van der Waals surface area contributed by atoms with Crippen molar-refractivity contribution in [2.24, 2.45) is 0 Å². The van der Waals surface area contributed by atoms with E-state index in [0.29, 0.717) is 14.9 Å². The Labute approximate surface area is 120 Å². The van der Waals surface area contributed by atoms with Crippen LogP contribution in [0.2, 0.25) is 0 Å². The van der Waals surface area contributed by atoms with Gasteiger partial charge in [-0.15, -0.1) is 0 Å². The van der Waals surface area contributed by atoms with Crippen LogP contribution in [-0.4, -0.2) is 0 Å². The number of hydrogen-bond acceptors (Lipinski definition) is 2. The summed E-state index contributed by atoms with van der Waals surface area (Å²) in [4.78, 5) is 0. The monoisotopic (exact) mass is 356 g/mol. The molecule has 4 heteroatoms. The molecule has 3 N–H and O–H groups in total. The number of rotatable bonds is 2. The largest absolute Gasteiger partial charge is 0.397 e. The average Bonchev–Trinajstić information content (AvgIpc) is 2.24. The van der Waals surface area contributed by atoms with Crippen molar-refractivity contribution in [3.8, 4) is 0 Å². The quantitative estimate of drug-likeness (QED) is 0.619. The summed E-state index contributed by atoms with van der Waals surface area (Å²) in [6, 6.07) is 9.14. The van der Waals surface area contributed by atoms with E-state index in [0.717, 1.165) is 16.8 Å². The summed E-state index contributed by atoms with van der Waals surface area (Å²) >= 11 is 1.93. The van der Waals surface area contributed by atoms with Gasteiger partial charge in [0.2, 0.25) is 0 Å². The molecule has 0 aliphatic carbocycles. The number of benzene rings is 2. The van der Waals surface area contributed by atoms with Crippen LogP contribution in [0, 0.1) is 23.2 Å². The Morgan fingerprint density at radius 3 is 2.28 bits per heavy atom. The van der Waals surface area contributed by atoms with E-state index in [2.05, 4.69) is 11.4 Å². The van der Waals surface area contributed by atoms with E-state index >= 15 is 0 Å². The van der Waals surface area contributed by atoms with Gasteiger partial charge in [-0.05, 0) is 65.8 Å². The van der Waals surface area contributed by atoms with Crippen LogP contribution in [-0.2, 0) is 0 Å². The number of anilines is 3. The second kappa shape index (κ2) is 5.14. The normalized spacial score (nSPS) is 10.4. The summed E-state index contributed by atoms with van der Waals surface area (Å²) in [5, 5.41) is 3.15. The first-order chi connectivity index (χ1) is 8.45. The van der Waals surface area contributed by atoms with E-state index in [1.807, 2.05) is 48.6 Å². The molecule has 0 atom stereocenters. The molecule has 0 fully saturated rings. The van der Waals surface area contributed by atoms with Gasteiger partial charge in [-0.25, -0.2) is 4.39 Å². The molecule has 0 aromatic heterocycles. The number of nitrogen functional groups attached to an aromatic ring is 1. The minimum absolute atomic E-state index is 0.267. The Kier molecular flexibility index (Phi) is 3.75. The Morgan fingerprint density at radius 2 is 1.67 bits per heavy atom. The Balaban J connectivity index is 2.36. The number of nitrogens with one attached hydrogen (secondary N) is 1. The zero-order chi connectivity index (χ0) is 13.3. The van der Waals surface area contributed by atoms with Crippen LogP contribution in [0.5, 0.6) is 0 Å². The van der Waals surface area contributed by atoms with Crippen molar-refractivity contribution in [3.63, 3.8) is 0 Å². The number of aryl methyl sites for hydroxylation is 2. The van der Waals surface area contributed by atoms with Gasteiger partial charge in [-0.2, -0.15) is 0 Å². The lowest BCUT2D eigenvalue weighted by Gasteiger charge is -2.11. The van der Waals surface area contributed by atoms with Gasteiger partial charge in [0, 0.05) is 11.8 Å². The smallest absolute Gasteiger partial charge is 0.138 e. The molecule has 0 bridgehead atoms. The van der Waals surface area contributed by atoms with Gasteiger partial charge in [0.25, 0.3) is 0 Å². The van der Waals surface area contributed by atoms with Crippen LogP contribution in [0.3, 0.4) is 0 Å². The summed E-state index contributed by atoms with van der Waals surface area (Å²) in [6.45, 7) is 4.05. The lowest BCUT2D eigenvalue weighted by Crippen LogP contribution is -1.99. The highest BCUT2D eigenvalue weighted by Crippen LogP contribution is 2.27. The fraction of sp³-hybridized carbons (Fsp3) is 0.143. The highest BCUT2D eigenvalue weighted by atomic mass is 127. The molecule has 2 rings (SSSR count). The van der Waals surface area contributed by atoms with Gasteiger partial charge in [-0.1, -0.05) is 6.07 Å². The second-order valence-corrected chi connectivity index (χ2v) is 5.52. The van der Waals surface area contributed by atoms with E-state index in [4.69, 9.17) is 5.73 Å². The maximum Gasteiger partial charge on any atom is 0.138 e. The highest BCUT2D eigenvalue weighted by Gasteiger charge is 2.06. The average molecular weight is 356 g/mol. The fourth-order valence-electron chi connectivity index (χ4n) is 1.87. The van der Waals surface area contributed by atoms with Gasteiger partial charge < -0.3 is 11.1 Å². The standard InChI is InChI=1S/C14H14FIN2/c1-8-3-9(2)5-10(4-8)18-14-6-11(15)12(16)7-13(14)17/h3-7,18H,17H2,1-2H3. The van der Waals surface area contributed by atoms with Crippen molar-refractivity contribution in [2.45, 2.75) is 13.8 Å². The van der Waals surface area contributed by atoms with Crippen LogP contribution in [0.25, 0.3) is 0 Å². The van der Waals surface area contributed by atoms with E-state index in [-0.39, 0.29) is 5.82 Å². The van der Waals surface area contributed by atoms with E-state index < -0.39 is 0 Å². The minimum Gasteiger partial charge on any atom is -0.397 e. The molecule has 2 aromatic carbocycles. The molecule has 0 aliphatic heterocycles. The van der Waals surface area contributed by atoms with E-state index in [9.17, 15) is 4.39 Å². The fourth-order valence-corrected chi connectivity index (χ4v) is 2.36. The van der Waals surface area contributed by atoms with Gasteiger partial charge in [0.1, 0.15) is 5.82 Å². The van der Waals surface area contributed by atoms with E-state index in [1.165, 1.54) is 6.07 Å². The second-order valence-electron chi connectivity index (χ2n) is 4.35. The molecule has 0 saturated heterocycles. The molecule has 0 heterocycles. The Bertz CT molecular complexity index is 576. The van der Waals surface area contributed by atoms with Crippen molar-refractivity contribution in [3.05, 3.63) is 50.8 Å². The lowest BCUT2D eigenvalue weighted by molar-refractivity contribution is 0.621. The molecule has 0 aliphatic rings. The summed E-state index contributed by atoms with van der Waals surface area (Å²) in [6.07, 6.45) is 0. The number of hydrogen-bond donors (Lipinski definition) is 2. The summed E-state index contributed by atoms with van der Waals surface area (Å²) < 4.78 is 14.0. The molecular formula is C14H14FIN2. The molecule has 2 aromatic rings. The van der Waals surface area contributed by atoms with Crippen LogP contribution in [0.1, 0.15) is 11.1 Å². The van der Waals surface area contributed by atoms with E-state index in [1.54, 1.807) is 6.07 Å². The zero-order valence-corrected chi connectivity index (χ0v) is 12.4. The summed E-state index contributed by atoms with van der Waals surface area (Å²) in [5.41, 5.74) is 10.2. The predicted octanol–water partition coefficient (Wildman–Crippen LogP) is 4.37. The molecule has 0 radical (unpaired) electrons. The molecular weight excluding hydrogens is 342 g/mol. The number of nitrogens with two attached hydrogens (primary N) is 1. The Hall–Kier alpha value is -1.30. The van der Waals surface area contributed by atoms with Gasteiger partial charge in [0.05, 0.1) is 14.9 Å². The first-order valence-electron chi connectivity index (χ1n) is 5.55. The summed E-state index contributed by atoms with van der Waals surface area (Å²) in [5.74, 6) is -0.267. The third-order valence-corrected chi connectivity index (χ3v) is 3.42. The van der Waals surface area contributed by atoms with Crippen molar-refractivity contribution >= 4 is 39.7 Å². The zero-order valence-electron chi connectivity index (χ0n) is 10.2. The van der Waals surface area contributed by atoms with Crippen LogP contribution in [0.15, 0.2) is 30.3 Å². The molecule has 94 valence electrons. The SMILES string of the molecule is Cc1cc(C)cc(Nc2cc(F)c(I)cc2N)c1. The van der Waals surface area contributed by atoms with Gasteiger partial charge in [0.15, 0.2) is 0 Å². The van der Waals surface area contributed by atoms with Gasteiger partial charge in [-0.3, -0.25) is 0 Å². The third-order valence-electron chi connectivity index (χ3n) is 2.59. The highest BCUT2D eigenvalue weighted by molar-refractivity contribution is 14.1.